The Morgan fingerprint density at radius 3 is 2.44 bits per heavy atom. The lowest BCUT2D eigenvalue weighted by Gasteiger charge is -2.56. The number of amides is 2. The van der Waals surface area contributed by atoms with Crippen molar-refractivity contribution in [2.75, 3.05) is 31.1 Å². The first-order valence-corrected chi connectivity index (χ1v) is 11.7. The van der Waals surface area contributed by atoms with Crippen LogP contribution in [0.4, 0.5) is 4.79 Å². The number of rotatable bonds is 5. The zero-order chi connectivity index (χ0) is 18.3. The van der Waals surface area contributed by atoms with Crippen molar-refractivity contribution < 1.29 is 9.21 Å². The van der Waals surface area contributed by atoms with Crippen LogP contribution in [0.5, 0.6) is 0 Å². The van der Waals surface area contributed by atoms with E-state index in [1.165, 1.54) is 38.5 Å². The van der Waals surface area contributed by atoms with Crippen LogP contribution in [0.2, 0.25) is 0 Å². The molecule has 1 saturated heterocycles. The molecular formula is C21H31N3O2S. The topological polar surface area (TPSA) is 57.5 Å². The second kappa shape index (κ2) is 7.36. The Morgan fingerprint density at radius 2 is 1.85 bits per heavy atom. The van der Waals surface area contributed by atoms with Gasteiger partial charge in [0.2, 0.25) is 0 Å². The summed E-state index contributed by atoms with van der Waals surface area (Å²) in [6.45, 7) is 2.78. The monoisotopic (exact) mass is 389 g/mol. The van der Waals surface area contributed by atoms with Crippen LogP contribution in [-0.2, 0) is 0 Å². The number of nitrogens with one attached hydrogen (secondary N) is 2. The van der Waals surface area contributed by atoms with E-state index in [-0.39, 0.29) is 17.6 Å². The van der Waals surface area contributed by atoms with E-state index < -0.39 is 0 Å². The molecule has 6 heteroatoms. The molecule has 4 bridgehead atoms. The number of carbonyl (C=O) groups is 1. The number of hydrogen-bond donors (Lipinski definition) is 2. The van der Waals surface area contributed by atoms with E-state index in [4.69, 9.17) is 4.42 Å². The van der Waals surface area contributed by atoms with E-state index in [0.29, 0.717) is 6.54 Å². The second-order valence-corrected chi connectivity index (χ2v) is 10.5. The molecule has 148 valence electrons. The maximum absolute atomic E-state index is 12.8. The molecule has 0 unspecified atom stereocenters. The van der Waals surface area contributed by atoms with Gasteiger partial charge in [0.05, 0.1) is 18.6 Å². The summed E-state index contributed by atoms with van der Waals surface area (Å²) in [5, 5.41) is 6.64. The zero-order valence-electron chi connectivity index (χ0n) is 16.0. The molecule has 0 spiro atoms. The first-order valence-electron chi connectivity index (χ1n) is 10.6. The van der Waals surface area contributed by atoms with Gasteiger partial charge in [-0.05, 0) is 62.3 Å². The predicted molar refractivity (Wildman–Crippen MR) is 108 cm³/mol. The van der Waals surface area contributed by atoms with Crippen LogP contribution in [-0.4, -0.2) is 47.6 Å². The Labute approximate surface area is 166 Å². The van der Waals surface area contributed by atoms with Crippen LogP contribution in [0.15, 0.2) is 23.0 Å². The third-order valence-electron chi connectivity index (χ3n) is 7.29. The van der Waals surface area contributed by atoms with Crippen LogP contribution >= 0.6 is 11.8 Å². The number of thioether (sulfide) groups is 1. The molecule has 1 aromatic rings. The zero-order valence-corrected chi connectivity index (χ0v) is 16.8. The van der Waals surface area contributed by atoms with Crippen LogP contribution in [0.3, 0.4) is 0 Å². The maximum atomic E-state index is 12.8. The normalized spacial score (nSPS) is 36.5. The summed E-state index contributed by atoms with van der Waals surface area (Å²) in [6.07, 6.45) is 11.3. The van der Waals surface area contributed by atoms with Crippen LogP contribution in [0.1, 0.15) is 50.1 Å². The van der Waals surface area contributed by atoms with Gasteiger partial charge in [-0.25, -0.2) is 4.79 Å². The largest absolute Gasteiger partial charge is 0.472 e. The van der Waals surface area contributed by atoms with Gasteiger partial charge in [-0.1, -0.05) is 0 Å². The molecule has 1 aromatic heterocycles. The molecule has 5 aliphatic rings. The lowest BCUT2D eigenvalue weighted by atomic mass is 9.53. The van der Waals surface area contributed by atoms with Gasteiger partial charge in [-0.15, -0.1) is 0 Å². The van der Waals surface area contributed by atoms with Crippen molar-refractivity contribution in [2.24, 2.45) is 17.8 Å². The molecular weight excluding hydrogens is 358 g/mol. The summed E-state index contributed by atoms with van der Waals surface area (Å²) in [7, 11) is 0. The molecule has 27 heavy (non-hydrogen) atoms. The lowest BCUT2D eigenvalue weighted by molar-refractivity contribution is -0.0136. The van der Waals surface area contributed by atoms with Crippen molar-refractivity contribution in [3.63, 3.8) is 0 Å². The second-order valence-electron chi connectivity index (χ2n) is 9.25. The number of urea groups is 1. The number of furan rings is 1. The van der Waals surface area contributed by atoms with Crippen molar-refractivity contribution in [1.29, 1.82) is 0 Å². The standard InChI is InChI=1S/C21H31N3O2S/c25-20(23-21-10-15-7-16(11-21)9-17(8-15)12-21)22-13-19(18-1-4-26-14-18)24-2-5-27-6-3-24/h1,4,14-17,19H,2-3,5-13H2,(H2,22,23,25)/t15?,16?,17?,19-,21?/m1/s1. The first-order chi connectivity index (χ1) is 13.2. The van der Waals surface area contributed by atoms with Crippen molar-refractivity contribution >= 4 is 17.8 Å². The molecule has 2 N–H and O–H groups in total. The fourth-order valence-electron chi connectivity index (χ4n) is 6.55. The summed E-state index contributed by atoms with van der Waals surface area (Å²) in [4.78, 5) is 15.3. The highest BCUT2D eigenvalue weighted by Crippen LogP contribution is 2.55. The van der Waals surface area contributed by atoms with Gasteiger partial charge in [-0.2, -0.15) is 11.8 Å². The molecule has 1 atom stereocenters. The lowest BCUT2D eigenvalue weighted by Crippen LogP contribution is -2.61. The Hall–Kier alpha value is -1.14. The molecule has 0 aromatic carbocycles. The summed E-state index contributed by atoms with van der Waals surface area (Å²) >= 11 is 2.01. The molecule has 6 rings (SSSR count). The van der Waals surface area contributed by atoms with E-state index in [9.17, 15) is 4.79 Å². The Kier molecular flexibility index (Phi) is 4.88. The Bertz CT molecular complexity index is 621. The molecule has 1 aliphatic heterocycles. The van der Waals surface area contributed by atoms with Gasteiger partial charge in [0.15, 0.2) is 0 Å². The molecule has 5 nitrogen and oxygen atoms in total. The van der Waals surface area contributed by atoms with Crippen molar-refractivity contribution in [1.82, 2.24) is 15.5 Å². The fraction of sp³-hybridized carbons (Fsp3) is 0.762. The van der Waals surface area contributed by atoms with Gasteiger partial charge in [0.1, 0.15) is 0 Å². The number of nitrogens with zero attached hydrogens (tertiary/aromatic N) is 1. The molecule has 2 heterocycles. The van der Waals surface area contributed by atoms with Crippen LogP contribution < -0.4 is 10.6 Å². The number of hydrogen-bond acceptors (Lipinski definition) is 4. The predicted octanol–water partition coefficient (Wildman–Crippen LogP) is 3.64. The van der Waals surface area contributed by atoms with Crippen molar-refractivity contribution in [3.8, 4) is 0 Å². The van der Waals surface area contributed by atoms with Gasteiger partial charge < -0.3 is 15.1 Å². The molecule has 4 saturated carbocycles. The minimum absolute atomic E-state index is 0.0248. The van der Waals surface area contributed by atoms with E-state index in [1.807, 2.05) is 24.1 Å². The van der Waals surface area contributed by atoms with Gasteiger partial charge in [0.25, 0.3) is 0 Å². The Balaban J connectivity index is 1.21. The van der Waals surface area contributed by atoms with E-state index in [0.717, 1.165) is 47.9 Å². The van der Waals surface area contributed by atoms with Gasteiger partial charge in [-0.3, -0.25) is 4.90 Å². The Morgan fingerprint density at radius 1 is 1.19 bits per heavy atom. The highest BCUT2D eigenvalue weighted by molar-refractivity contribution is 7.99. The third kappa shape index (κ3) is 3.75. The quantitative estimate of drug-likeness (QED) is 0.807. The summed E-state index contributed by atoms with van der Waals surface area (Å²) in [5.41, 5.74) is 1.24. The van der Waals surface area contributed by atoms with E-state index in [2.05, 4.69) is 15.5 Å². The molecule has 4 aliphatic carbocycles. The minimum Gasteiger partial charge on any atom is -0.472 e. The smallest absolute Gasteiger partial charge is 0.315 e. The summed E-state index contributed by atoms with van der Waals surface area (Å²) in [6, 6.07) is 2.26. The van der Waals surface area contributed by atoms with Crippen LogP contribution in [0.25, 0.3) is 0 Å². The summed E-state index contributed by atoms with van der Waals surface area (Å²) in [5.74, 6) is 4.87. The average Bonchev–Trinajstić information content (AvgIpc) is 3.15. The SMILES string of the molecule is O=C(NC[C@H](c1ccoc1)N1CCSCC1)NC12CC3CC(CC(C3)C1)C2. The van der Waals surface area contributed by atoms with E-state index >= 15 is 0 Å². The number of carbonyl (C=O) groups excluding carboxylic acids is 1. The molecule has 2 amide bonds. The molecule has 0 radical (unpaired) electrons. The van der Waals surface area contributed by atoms with Gasteiger partial charge >= 0.3 is 6.03 Å². The van der Waals surface area contributed by atoms with Crippen LogP contribution in [0, 0.1) is 17.8 Å². The van der Waals surface area contributed by atoms with Gasteiger partial charge in [0, 0.05) is 42.2 Å². The summed E-state index contributed by atoms with van der Waals surface area (Å²) < 4.78 is 5.32. The fourth-order valence-corrected chi connectivity index (χ4v) is 7.48. The highest BCUT2D eigenvalue weighted by atomic mass is 32.2. The van der Waals surface area contributed by atoms with Crippen molar-refractivity contribution in [3.05, 3.63) is 24.2 Å². The average molecular weight is 390 g/mol. The van der Waals surface area contributed by atoms with Crippen molar-refractivity contribution in [2.45, 2.75) is 50.1 Å². The molecule has 5 fully saturated rings. The minimum atomic E-state index is 0.0248. The maximum Gasteiger partial charge on any atom is 0.315 e. The van der Waals surface area contributed by atoms with E-state index in [1.54, 1.807) is 6.26 Å². The first kappa shape index (κ1) is 17.9. The highest BCUT2D eigenvalue weighted by Gasteiger charge is 2.51. The third-order valence-corrected chi connectivity index (χ3v) is 8.23.